The fourth-order valence-electron chi connectivity index (χ4n) is 8.68. The van der Waals surface area contributed by atoms with Crippen molar-refractivity contribution in [3.8, 4) is 0 Å². The maximum atomic E-state index is 11.5. The molecule has 4 fully saturated rings. The molecule has 0 aliphatic heterocycles. The van der Waals surface area contributed by atoms with E-state index >= 15 is 0 Å². The van der Waals surface area contributed by atoms with E-state index in [4.69, 9.17) is 10.2 Å². The monoisotopic (exact) mass is 458 g/mol. The Morgan fingerprint density at radius 3 is 2.28 bits per heavy atom. The van der Waals surface area contributed by atoms with Crippen LogP contribution in [0.2, 0.25) is 0 Å². The minimum absolute atomic E-state index is 0. The summed E-state index contributed by atoms with van der Waals surface area (Å²) in [6.07, 6.45) is 6.00. The molecule has 4 rings (SSSR count). The van der Waals surface area contributed by atoms with Gasteiger partial charge in [0.25, 0.3) is 0 Å². The lowest BCUT2D eigenvalue weighted by molar-refractivity contribution is -0.207. The Morgan fingerprint density at radius 2 is 1.66 bits per heavy atom. The van der Waals surface area contributed by atoms with Crippen molar-refractivity contribution < 1.29 is 35.8 Å². The van der Waals surface area contributed by atoms with Crippen LogP contribution in [0.25, 0.3) is 0 Å². The molecule has 0 spiro atoms. The third-order valence-electron chi connectivity index (χ3n) is 10.3. The lowest BCUT2D eigenvalue weighted by Gasteiger charge is -2.63. The summed E-state index contributed by atoms with van der Waals surface area (Å²) >= 11 is 0. The molecule has 0 amide bonds. The van der Waals surface area contributed by atoms with Crippen molar-refractivity contribution in [3.05, 3.63) is 0 Å². The van der Waals surface area contributed by atoms with Gasteiger partial charge in [-0.2, -0.15) is 0 Å². The van der Waals surface area contributed by atoms with Crippen molar-refractivity contribution in [1.82, 2.24) is 0 Å². The summed E-state index contributed by atoms with van der Waals surface area (Å²) in [6, 6.07) is 0. The number of carbonyl (C=O) groups is 1. The van der Waals surface area contributed by atoms with Crippen molar-refractivity contribution >= 4 is 5.97 Å². The molecule has 4 aliphatic rings. The largest absolute Gasteiger partial charge is 0.481 e. The van der Waals surface area contributed by atoms with Gasteiger partial charge >= 0.3 is 5.97 Å². The third-order valence-corrected chi connectivity index (χ3v) is 10.3. The zero-order chi connectivity index (χ0) is 23.1. The van der Waals surface area contributed by atoms with Gasteiger partial charge in [0.05, 0.1) is 18.3 Å². The van der Waals surface area contributed by atoms with E-state index in [0.29, 0.717) is 30.1 Å². The summed E-state index contributed by atoms with van der Waals surface area (Å²) in [5.41, 5.74) is -0.143. The van der Waals surface area contributed by atoms with Crippen molar-refractivity contribution in [2.75, 3.05) is 7.11 Å². The normalized spacial score (nSPS) is 48.1. The zero-order valence-electron chi connectivity index (χ0n) is 20.2. The Morgan fingerprint density at radius 1 is 1.00 bits per heavy atom. The molecule has 4 saturated carbocycles. The first-order valence-corrected chi connectivity index (χ1v) is 12.3. The Bertz CT molecular complexity index is 642. The Kier molecular flexibility index (Phi) is 8.82. The van der Waals surface area contributed by atoms with Crippen LogP contribution in [-0.2, 0) is 4.79 Å². The second kappa shape index (κ2) is 10.3. The fraction of sp³-hybridized carbons (Fsp3) is 0.960. The Labute approximate surface area is 192 Å². The maximum Gasteiger partial charge on any atom is 0.303 e. The number of fused-ring (bicyclic) bond motifs is 5. The molecule has 4 aliphatic carbocycles. The molecule has 0 saturated heterocycles. The first-order valence-electron chi connectivity index (χ1n) is 12.3. The quantitative estimate of drug-likeness (QED) is 0.436. The standard InChI is InChI=1S/C24H40O5.CH4O.H2O/c1-13(4-7-21(28)29)16-5-6-17-22-18(12-20(27)24(16,17)3)23(2)9-8-15(25)10-14(23)11-19(22)26;1-2;/h13-20,22,25-27H,4-12H2,1-3H3,(H,28,29);2H,1H3;1H2/t13-,14+,15-,16-,17+,18+,19-,20+,22+,23+,24-;;/m1../s1. The molecule has 7 heteroatoms. The summed E-state index contributed by atoms with van der Waals surface area (Å²) in [5.74, 6) is 0.997. The van der Waals surface area contributed by atoms with Crippen molar-refractivity contribution in [3.63, 3.8) is 0 Å². The smallest absolute Gasteiger partial charge is 0.303 e. The fourth-order valence-corrected chi connectivity index (χ4v) is 8.68. The Balaban J connectivity index is 0.00000118. The first kappa shape index (κ1) is 27.5. The third kappa shape index (κ3) is 4.36. The van der Waals surface area contributed by atoms with Gasteiger partial charge in [0.1, 0.15) is 0 Å². The second-order valence-electron chi connectivity index (χ2n) is 11.4. The van der Waals surface area contributed by atoms with Gasteiger partial charge in [-0.25, -0.2) is 0 Å². The Hall–Kier alpha value is -0.730. The minimum atomic E-state index is -0.748. The average molecular weight is 459 g/mol. The number of aliphatic hydroxyl groups is 4. The molecule has 11 atom stereocenters. The number of carboxylic acid groups (broad SMARTS) is 1. The second-order valence-corrected chi connectivity index (χ2v) is 11.4. The molecular weight excluding hydrogens is 412 g/mol. The van der Waals surface area contributed by atoms with Crippen LogP contribution >= 0.6 is 0 Å². The number of aliphatic carboxylic acids is 1. The molecule has 7 N–H and O–H groups in total. The molecule has 0 bridgehead atoms. The minimum Gasteiger partial charge on any atom is -0.481 e. The number of aliphatic hydroxyl groups excluding tert-OH is 4. The van der Waals surface area contributed by atoms with Gasteiger partial charge in [-0.1, -0.05) is 20.8 Å². The highest BCUT2D eigenvalue weighted by molar-refractivity contribution is 5.66. The highest BCUT2D eigenvalue weighted by Crippen LogP contribution is 2.68. The SMILES string of the molecule is CO.C[C@H](CCC(=O)O)[C@H]1CC[C@H]2[C@@H]3[C@H](O)C[C@@H]4C[C@H](O)CC[C@]4(C)[C@H]3C[C@H](O)[C@]12C.O. The highest BCUT2D eigenvalue weighted by Gasteiger charge is 2.65. The summed E-state index contributed by atoms with van der Waals surface area (Å²) < 4.78 is 0. The van der Waals surface area contributed by atoms with Crippen LogP contribution in [0.15, 0.2) is 0 Å². The highest BCUT2D eigenvalue weighted by atomic mass is 16.4. The van der Waals surface area contributed by atoms with Crippen molar-refractivity contribution in [2.24, 2.45) is 46.3 Å². The molecule has 0 radical (unpaired) electrons. The summed E-state index contributed by atoms with van der Waals surface area (Å²) in [6.45, 7) is 6.72. The van der Waals surface area contributed by atoms with E-state index in [9.17, 15) is 20.1 Å². The van der Waals surface area contributed by atoms with Crippen LogP contribution in [0.3, 0.4) is 0 Å². The van der Waals surface area contributed by atoms with E-state index in [-0.39, 0.29) is 46.8 Å². The average Bonchev–Trinajstić information content (AvgIpc) is 3.08. The van der Waals surface area contributed by atoms with E-state index in [2.05, 4.69) is 20.8 Å². The molecule has 7 nitrogen and oxygen atoms in total. The van der Waals surface area contributed by atoms with E-state index in [1.54, 1.807) is 0 Å². The van der Waals surface area contributed by atoms with Crippen molar-refractivity contribution in [2.45, 2.75) is 96.9 Å². The van der Waals surface area contributed by atoms with Gasteiger partial charge in [0.2, 0.25) is 0 Å². The zero-order valence-corrected chi connectivity index (χ0v) is 20.2. The van der Waals surface area contributed by atoms with Crippen LogP contribution in [0, 0.1) is 46.3 Å². The van der Waals surface area contributed by atoms with Gasteiger partial charge in [0.15, 0.2) is 0 Å². The summed E-state index contributed by atoms with van der Waals surface area (Å²) in [7, 11) is 1.00. The van der Waals surface area contributed by atoms with Crippen molar-refractivity contribution in [1.29, 1.82) is 0 Å². The molecule has 0 aromatic carbocycles. The van der Waals surface area contributed by atoms with E-state index in [1.807, 2.05) is 0 Å². The van der Waals surface area contributed by atoms with E-state index < -0.39 is 12.1 Å². The lowest BCUT2D eigenvalue weighted by Crippen LogP contribution is -2.62. The summed E-state index contributed by atoms with van der Waals surface area (Å²) in [5, 5.41) is 49.0. The maximum absolute atomic E-state index is 11.5. The lowest BCUT2D eigenvalue weighted by atomic mass is 9.43. The topological polar surface area (TPSA) is 150 Å². The van der Waals surface area contributed by atoms with Gasteiger partial charge in [-0.05, 0) is 97.7 Å². The molecule has 32 heavy (non-hydrogen) atoms. The van der Waals surface area contributed by atoms with Crippen LogP contribution in [-0.4, -0.2) is 62.4 Å². The molecule has 0 heterocycles. The first-order chi connectivity index (χ1) is 14.6. The van der Waals surface area contributed by atoms with Crippen LogP contribution < -0.4 is 0 Å². The number of hydrogen-bond acceptors (Lipinski definition) is 5. The molecule has 0 aromatic rings. The van der Waals surface area contributed by atoms with Gasteiger partial charge in [0, 0.05) is 13.5 Å². The van der Waals surface area contributed by atoms with Gasteiger partial charge in [-0.3, -0.25) is 4.79 Å². The molecule has 188 valence electrons. The predicted molar refractivity (Wildman–Crippen MR) is 122 cm³/mol. The van der Waals surface area contributed by atoms with E-state index in [1.165, 1.54) is 0 Å². The molecule has 0 unspecified atom stereocenters. The predicted octanol–water partition coefficient (Wildman–Crippen LogP) is 2.23. The molecule has 0 aromatic heterocycles. The van der Waals surface area contributed by atoms with Gasteiger partial charge in [-0.15, -0.1) is 0 Å². The number of carboxylic acids is 1. The summed E-state index contributed by atoms with van der Waals surface area (Å²) in [4.78, 5) is 11.1. The van der Waals surface area contributed by atoms with Crippen LogP contribution in [0.5, 0.6) is 0 Å². The van der Waals surface area contributed by atoms with Gasteiger partial charge < -0.3 is 31.0 Å². The van der Waals surface area contributed by atoms with E-state index in [0.717, 1.165) is 52.1 Å². The van der Waals surface area contributed by atoms with Crippen LogP contribution in [0.1, 0.15) is 78.6 Å². The molecular formula is C25H46O7. The number of hydrogen-bond donors (Lipinski definition) is 5. The number of rotatable bonds is 4. The van der Waals surface area contributed by atoms with Crippen LogP contribution in [0.4, 0.5) is 0 Å².